The van der Waals surface area contributed by atoms with Gasteiger partial charge in [-0.2, -0.15) is 17.6 Å². The summed E-state index contributed by atoms with van der Waals surface area (Å²) in [5.41, 5.74) is 5.25. The smallest absolute Gasteiger partial charge is 0.387 e. The van der Waals surface area contributed by atoms with Gasteiger partial charge >= 0.3 is 13.2 Å². The Hall–Kier alpha value is -2.07. The highest BCUT2D eigenvalue weighted by Crippen LogP contribution is 2.31. The number of methoxy groups -OCH3 is 1. The Balaban J connectivity index is 2.88. The molecule has 0 saturated carbocycles. The lowest BCUT2D eigenvalue weighted by molar-refractivity contribution is -0.118. The Morgan fingerprint density at radius 3 is 2.39 bits per heavy atom. The van der Waals surface area contributed by atoms with E-state index in [2.05, 4.69) is 14.8 Å². The summed E-state index contributed by atoms with van der Waals surface area (Å²) in [6.07, 6.45) is -0.660. The molecular formula is C13H16F4N2O4. The molecule has 1 aromatic rings. The van der Waals surface area contributed by atoms with E-state index in [1.165, 1.54) is 7.11 Å². The lowest BCUT2D eigenvalue weighted by Gasteiger charge is -2.16. The average molecular weight is 340 g/mol. The fourth-order valence-corrected chi connectivity index (χ4v) is 1.65. The van der Waals surface area contributed by atoms with Crippen LogP contribution in [0.4, 0.5) is 23.2 Å². The van der Waals surface area contributed by atoms with Crippen molar-refractivity contribution in [1.82, 2.24) is 0 Å². The SMILES string of the molecule is COC(CN)CC(=O)Nc1ccc(OC(F)F)cc1OC(F)F. The molecule has 10 heteroatoms. The molecule has 1 aromatic carbocycles. The lowest BCUT2D eigenvalue weighted by atomic mass is 10.2. The zero-order chi connectivity index (χ0) is 17.4. The van der Waals surface area contributed by atoms with E-state index in [1.807, 2.05) is 0 Å². The molecule has 3 N–H and O–H groups in total. The number of benzene rings is 1. The van der Waals surface area contributed by atoms with Crippen LogP contribution < -0.4 is 20.5 Å². The minimum Gasteiger partial charge on any atom is -0.435 e. The quantitative estimate of drug-likeness (QED) is 0.674. The zero-order valence-electron chi connectivity index (χ0n) is 12.1. The number of carbonyl (C=O) groups excluding carboxylic acids is 1. The maximum absolute atomic E-state index is 12.4. The van der Waals surface area contributed by atoms with E-state index in [9.17, 15) is 22.4 Å². The molecule has 1 unspecified atom stereocenters. The van der Waals surface area contributed by atoms with Gasteiger partial charge in [0, 0.05) is 19.7 Å². The number of hydrogen-bond donors (Lipinski definition) is 2. The van der Waals surface area contributed by atoms with Crippen LogP contribution in [0.2, 0.25) is 0 Å². The van der Waals surface area contributed by atoms with E-state index in [0.29, 0.717) is 0 Å². The highest BCUT2D eigenvalue weighted by atomic mass is 19.3. The van der Waals surface area contributed by atoms with E-state index < -0.39 is 31.0 Å². The molecule has 0 spiro atoms. The molecule has 0 aliphatic rings. The van der Waals surface area contributed by atoms with E-state index >= 15 is 0 Å². The van der Waals surface area contributed by atoms with Crippen LogP contribution in [0.1, 0.15) is 6.42 Å². The van der Waals surface area contributed by atoms with Crippen molar-refractivity contribution in [1.29, 1.82) is 0 Å². The van der Waals surface area contributed by atoms with Crippen LogP contribution in [-0.2, 0) is 9.53 Å². The van der Waals surface area contributed by atoms with Crippen molar-refractivity contribution in [3.05, 3.63) is 18.2 Å². The van der Waals surface area contributed by atoms with Gasteiger partial charge in [0.15, 0.2) is 5.75 Å². The standard InChI is InChI=1S/C13H16F4N2O4/c1-21-8(6-18)5-11(20)19-9-3-2-7(22-12(14)15)4-10(9)23-13(16)17/h2-4,8,12-13H,5-6,18H2,1H3,(H,19,20). The summed E-state index contributed by atoms with van der Waals surface area (Å²) >= 11 is 0. The van der Waals surface area contributed by atoms with Crippen molar-refractivity contribution in [2.24, 2.45) is 5.73 Å². The highest BCUT2D eigenvalue weighted by Gasteiger charge is 2.17. The third-order valence-corrected chi connectivity index (χ3v) is 2.68. The van der Waals surface area contributed by atoms with Gasteiger partial charge in [-0.3, -0.25) is 4.79 Å². The normalized spacial score (nSPS) is 12.3. The van der Waals surface area contributed by atoms with Gasteiger partial charge in [-0.1, -0.05) is 0 Å². The van der Waals surface area contributed by atoms with Crippen LogP contribution in [-0.4, -0.2) is 38.9 Å². The van der Waals surface area contributed by atoms with Gasteiger partial charge in [0.05, 0.1) is 18.2 Å². The molecule has 1 amide bonds. The number of carbonyl (C=O) groups is 1. The van der Waals surface area contributed by atoms with Crippen molar-refractivity contribution >= 4 is 11.6 Å². The van der Waals surface area contributed by atoms with Crippen molar-refractivity contribution < 1.29 is 36.6 Å². The topological polar surface area (TPSA) is 82.8 Å². The molecule has 0 aliphatic carbocycles. The first kappa shape index (κ1) is 19.0. The van der Waals surface area contributed by atoms with Gasteiger partial charge in [-0.25, -0.2) is 0 Å². The molecule has 0 saturated heterocycles. The predicted molar refractivity (Wildman–Crippen MR) is 72.8 cm³/mol. The van der Waals surface area contributed by atoms with Gasteiger partial charge in [-0.05, 0) is 12.1 Å². The van der Waals surface area contributed by atoms with Gasteiger partial charge in [0.1, 0.15) is 5.75 Å². The largest absolute Gasteiger partial charge is 0.435 e. The first-order valence-corrected chi connectivity index (χ1v) is 6.42. The molecule has 0 bridgehead atoms. The second-order valence-corrected chi connectivity index (χ2v) is 4.26. The van der Waals surface area contributed by atoms with Crippen LogP contribution >= 0.6 is 0 Å². The Kier molecular flexibility index (Phi) is 7.55. The number of ether oxygens (including phenoxy) is 3. The molecule has 1 atom stereocenters. The third-order valence-electron chi connectivity index (χ3n) is 2.68. The van der Waals surface area contributed by atoms with Crippen molar-refractivity contribution in [3.63, 3.8) is 0 Å². The van der Waals surface area contributed by atoms with E-state index in [1.54, 1.807) is 0 Å². The number of nitrogens with two attached hydrogens (primary N) is 1. The molecule has 130 valence electrons. The van der Waals surface area contributed by atoms with Gasteiger partial charge in [-0.15, -0.1) is 0 Å². The lowest BCUT2D eigenvalue weighted by Crippen LogP contribution is -2.28. The first-order valence-electron chi connectivity index (χ1n) is 6.42. The summed E-state index contributed by atoms with van der Waals surface area (Å²) in [6, 6.07) is 3.01. The van der Waals surface area contributed by atoms with Crippen LogP contribution in [0.5, 0.6) is 11.5 Å². The number of halogens is 4. The predicted octanol–water partition coefficient (Wildman–Crippen LogP) is 2.19. The molecule has 0 radical (unpaired) electrons. The molecule has 0 aromatic heterocycles. The maximum Gasteiger partial charge on any atom is 0.387 e. The second-order valence-electron chi connectivity index (χ2n) is 4.26. The Morgan fingerprint density at radius 2 is 1.87 bits per heavy atom. The minimum atomic E-state index is -3.21. The number of nitrogens with one attached hydrogen (secondary N) is 1. The summed E-state index contributed by atoms with van der Waals surface area (Å²) in [6.45, 7) is -6.24. The molecule has 6 nitrogen and oxygen atoms in total. The van der Waals surface area contributed by atoms with Gasteiger partial charge in [0.25, 0.3) is 0 Å². The van der Waals surface area contributed by atoms with E-state index in [0.717, 1.165) is 18.2 Å². The summed E-state index contributed by atoms with van der Waals surface area (Å²) in [5, 5.41) is 2.32. The second kappa shape index (κ2) is 9.16. The molecule has 23 heavy (non-hydrogen) atoms. The summed E-state index contributed by atoms with van der Waals surface area (Å²) in [7, 11) is 1.37. The Bertz CT molecular complexity index is 513. The van der Waals surface area contributed by atoms with Gasteiger partial charge < -0.3 is 25.3 Å². The zero-order valence-corrected chi connectivity index (χ0v) is 12.1. The summed E-state index contributed by atoms with van der Waals surface area (Å²) in [5.74, 6) is -1.46. The average Bonchev–Trinajstić information content (AvgIpc) is 2.46. The van der Waals surface area contributed by atoms with E-state index in [4.69, 9.17) is 10.5 Å². The summed E-state index contributed by atoms with van der Waals surface area (Å²) < 4.78 is 62.3. The van der Waals surface area contributed by atoms with Crippen molar-refractivity contribution in [3.8, 4) is 11.5 Å². The van der Waals surface area contributed by atoms with Crippen LogP contribution in [0.3, 0.4) is 0 Å². The van der Waals surface area contributed by atoms with Crippen LogP contribution in [0.15, 0.2) is 18.2 Å². The number of amides is 1. The Morgan fingerprint density at radius 1 is 1.22 bits per heavy atom. The minimum absolute atomic E-state index is 0.0888. The fraction of sp³-hybridized carbons (Fsp3) is 0.462. The number of alkyl halides is 4. The number of anilines is 1. The van der Waals surface area contributed by atoms with Crippen molar-refractivity contribution in [2.75, 3.05) is 19.0 Å². The van der Waals surface area contributed by atoms with E-state index in [-0.39, 0.29) is 24.4 Å². The van der Waals surface area contributed by atoms with Crippen LogP contribution in [0.25, 0.3) is 0 Å². The monoisotopic (exact) mass is 340 g/mol. The van der Waals surface area contributed by atoms with Crippen molar-refractivity contribution in [2.45, 2.75) is 25.7 Å². The summed E-state index contributed by atoms with van der Waals surface area (Å²) in [4.78, 5) is 11.8. The number of rotatable bonds is 9. The maximum atomic E-state index is 12.4. The molecule has 1 rings (SSSR count). The first-order chi connectivity index (χ1) is 10.8. The molecule has 0 aliphatic heterocycles. The molecule has 0 fully saturated rings. The Labute approximate surface area is 129 Å². The molecular weight excluding hydrogens is 324 g/mol. The third kappa shape index (κ3) is 6.70. The molecule has 0 heterocycles. The van der Waals surface area contributed by atoms with Crippen LogP contribution in [0, 0.1) is 0 Å². The fourth-order valence-electron chi connectivity index (χ4n) is 1.65. The highest BCUT2D eigenvalue weighted by molar-refractivity contribution is 5.92. The van der Waals surface area contributed by atoms with Gasteiger partial charge in [0.2, 0.25) is 5.91 Å². The number of hydrogen-bond acceptors (Lipinski definition) is 5.